The van der Waals surface area contributed by atoms with Crippen molar-refractivity contribution in [3.63, 3.8) is 0 Å². The summed E-state index contributed by atoms with van der Waals surface area (Å²) in [5, 5.41) is 0. The maximum Gasteiger partial charge on any atom is 0.134 e. The lowest BCUT2D eigenvalue weighted by atomic mass is 10.1. The summed E-state index contributed by atoms with van der Waals surface area (Å²) in [6, 6.07) is 10.3. The molecule has 2 rings (SSSR count). The maximum atomic E-state index is 10.3. The normalized spacial score (nSPS) is 10.5. The van der Waals surface area contributed by atoms with Gasteiger partial charge in [-0.15, -0.1) is 0 Å². The predicted octanol–water partition coefficient (Wildman–Crippen LogP) is 3.69. The standard InChI is InChI=1S/C15H16O2/c1-11-8-12(2)10-13(9-11)15-6-5-14(17-15)4-3-7-16/h5-10H,3-4H2,1-2H3. The molecular weight excluding hydrogens is 212 g/mol. The topological polar surface area (TPSA) is 30.2 Å². The Bertz CT molecular complexity index is 503. The van der Waals surface area contributed by atoms with Crippen molar-refractivity contribution in [2.24, 2.45) is 0 Å². The van der Waals surface area contributed by atoms with E-state index in [-0.39, 0.29) is 0 Å². The van der Waals surface area contributed by atoms with Gasteiger partial charge in [-0.3, -0.25) is 0 Å². The molecule has 0 fully saturated rings. The fraction of sp³-hybridized carbons (Fsp3) is 0.267. The van der Waals surface area contributed by atoms with Gasteiger partial charge in [-0.05, 0) is 38.1 Å². The van der Waals surface area contributed by atoms with Gasteiger partial charge in [-0.2, -0.15) is 0 Å². The number of aldehydes is 1. The summed E-state index contributed by atoms with van der Waals surface area (Å²) in [5.41, 5.74) is 3.55. The largest absolute Gasteiger partial charge is 0.461 e. The van der Waals surface area contributed by atoms with Gasteiger partial charge < -0.3 is 9.21 Å². The Morgan fingerprint density at radius 3 is 2.47 bits per heavy atom. The molecular formula is C15H16O2. The lowest BCUT2D eigenvalue weighted by Gasteiger charge is -2.02. The van der Waals surface area contributed by atoms with Crippen LogP contribution in [0, 0.1) is 13.8 Å². The molecule has 0 aliphatic rings. The van der Waals surface area contributed by atoms with Gasteiger partial charge in [0.2, 0.25) is 0 Å². The number of aryl methyl sites for hydroxylation is 3. The van der Waals surface area contributed by atoms with Gasteiger partial charge in [-0.25, -0.2) is 0 Å². The average Bonchev–Trinajstić information content (AvgIpc) is 2.73. The van der Waals surface area contributed by atoms with Crippen molar-refractivity contribution < 1.29 is 9.21 Å². The predicted molar refractivity (Wildman–Crippen MR) is 68.0 cm³/mol. The van der Waals surface area contributed by atoms with E-state index in [9.17, 15) is 4.79 Å². The Kier molecular flexibility index (Phi) is 3.43. The summed E-state index contributed by atoms with van der Waals surface area (Å²) >= 11 is 0. The molecule has 0 amide bonds. The number of furan rings is 1. The molecule has 1 heterocycles. The van der Waals surface area contributed by atoms with Crippen molar-refractivity contribution >= 4 is 6.29 Å². The van der Waals surface area contributed by atoms with Crippen molar-refractivity contribution in [1.29, 1.82) is 0 Å². The second kappa shape index (κ2) is 5.00. The number of rotatable bonds is 4. The van der Waals surface area contributed by atoms with E-state index in [4.69, 9.17) is 4.42 Å². The van der Waals surface area contributed by atoms with Crippen LogP contribution in [0.25, 0.3) is 11.3 Å². The first-order valence-electron chi connectivity index (χ1n) is 5.80. The van der Waals surface area contributed by atoms with E-state index in [2.05, 4.69) is 32.0 Å². The Morgan fingerprint density at radius 2 is 1.82 bits per heavy atom. The summed E-state index contributed by atoms with van der Waals surface area (Å²) < 4.78 is 5.72. The molecule has 0 bridgehead atoms. The minimum absolute atomic E-state index is 0.514. The van der Waals surface area contributed by atoms with E-state index in [0.29, 0.717) is 12.8 Å². The first kappa shape index (κ1) is 11.6. The molecule has 0 atom stereocenters. The fourth-order valence-corrected chi connectivity index (χ4v) is 1.99. The zero-order valence-electron chi connectivity index (χ0n) is 10.2. The van der Waals surface area contributed by atoms with Gasteiger partial charge in [0.05, 0.1) is 0 Å². The summed E-state index contributed by atoms with van der Waals surface area (Å²) in [6.07, 6.45) is 2.10. The lowest BCUT2D eigenvalue weighted by molar-refractivity contribution is -0.107. The number of hydrogen-bond acceptors (Lipinski definition) is 2. The molecule has 0 spiro atoms. The highest BCUT2D eigenvalue weighted by Crippen LogP contribution is 2.24. The van der Waals surface area contributed by atoms with Crippen molar-refractivity contribution in [2.75, 3.05) is 0 Å². The van der Waals surface area contributed by atoms with Crippen molar-refractivity contribution in [3.05, 3.63) is 47.2 Å². The lowest BCUT2D eigenvalue weighted by Crippen LogP contribution is -1.82. The Hall–Kier alpha value is -1.83. The first-order valence-corrected chi connectivity index (χ1v) is 5.80. The third-order valence-corrected chi connectivity index (χ3v) is 2.68. The van der Waals surface area contributed by atoms with Crippen molar-refractivity contribution in [1.82, 2.24) is 0 Å². The SMILES string of the molecule is Cc1cc(C)cc(-c2ccc(CCC=O)o2)c1. The summed E-state index contributed by atoms with van der Waals surface area (Å²) in [6.45, 7) is 4.15. The third kappa shape index (κ3) is 2.84. The summed E-state index contributed by atoms with van der Waals surface area (Å²) in [7, 11) is 0. The van der Waals surface area contributed by atoms with Gasteiger partial charge in [0.1, 0.15) is 17.8 Å². The molecule has 0 unspecified atom stereocenters. The molecule has 1 aromatic heterocycles. The van der Waals surface area contributed by atoms with Crippen LogP contribution in [0.3, 0.4) is 0 Å². The first-order chi connectivity index (χ1) is 8.19. The van der Waals surface area contributed by atoms with Crippen LogP contribution in [0.15, 0.2) is 34.7 Å². The van der Waals surface area contributed by atoms with Gasteiger partial charge >= 0.3 is 0 Å². The van der Waals surface area contributed by atoms with Crippen LogP contribution in [0.2, 0.25) is 0 Å². The van der Waals surface area contributed by atoms with E-state index in [1.165, 1.54) is 11.1 Å². The Labute approximate surface area is 101 Å². The fourth-order valence-electron chi connectivity index (χ4n) is 1.99. The van der Waals surface area contributed by atoms with Crippen molar-refractivity contribution in [2.45, 2.75) is 26.7 Å². The smallest absolute Gasteiger partial charge is 0.134 e. The molecule has 0 saturated carbocycles. The van der Waals surface area contributed by atoms with E-state index < -0.39 is 0 Å². The van der Waals surface area contributed by atoms with E-state index in [1.807, 2.05) is 12.1 Å². The zero-order chi connectivity index (χ0) is 12.3. The molecule has 0 saturated heterocycles. The molecule has 2 heteroatoms. The van der Waals surface area contributed by atoms with Crippen LogP contribution in [0.5, 0.6) is 0 Å². The molecule has 88 valence electrons. The van der Waals surface area contributed by atoms with Crippen molar-refractivity contribution in [3.8, 4) is 11.3 Å². The second-order valence-electron chi connectivity index (χ2n) is 4.35. The summed E-state index contributed by atoms with van der Waals surface area (Å²) in [4.78, 5) is 10.3. The summed E-state index contributed by atoms with van der Waals surface area (Å²) in [5.74, 6) is 1.74. The van der Waals surface area contributed by atoms with Gasteiger partial charge in [0.15, 0.2) is 0 Å². The van der Waals surface area contributed by atoms with Gasteiger partial charge in [-0.1, -0.05) is 17.2 Å². The highest BCUT2D eigenvalue weighted by atomic mass is 16.3. The highest BCUT2D eigenvalue weighted by Gasteiger charge is 2.05. The molecule has 0 N–H and O–H groups in total. The van der Waals surface area contributed by atoms with Gasteiger partial charge in [0.25, 0.3) is 0 Å². The van der Waals surface area contributed by atoms with E-state index >= 15 is 0 Å². The molecule has 17 heavy (non-hydrogen) atoms. The molecule has 0 aliphatic heterocycles. The number of hydrogen-bond donors (Lipinski definition) is 0. The number of carbonyl (C=O) groups is 1. The van der Waals surface area contributed by atoms with Crippen LogP contribution >= 0.6 is 0 Å². The quantitative estimate of drug-likeness (QED) is 0.747. The van der Waals surface area contributed by atoms with Crippen LogP contribution in [0.1, 0.15) is 23.3 Å². The highest BCUT2D eigenvalue weighted by molar-refractivity contribution is 5.60. The third-order valence-electron chi connectivity index (χ3n) is 2.68. The number of benzene rings is 1. The minimum Gasteiger partial charge on any atom is -0.461 e. The Balaban J connectivity index is 2.26. The van der Waals surface area contributed by atoms with Crippen LogP contribution in [-0.4, -0.2) is 6.29 Å². The van der Waals surface area contributed by atoms with Crippen LogP contribution in [-0.2, 0) is 11.2 Å². The van der Waals surface area contributed by atoms with Crippen LogP contribution < -0.4 is 0 Å². The van der Waals surface area contributed by atoms with Crippen LogP contribution in [0.4, 0.5) is 0 Å². The van der Waals surface area contributed by atoms with E-state index in [1.54, 1.807) is 0 Å². The molecule has 1 aromatic carbocycles. The second-order valence-corrected chi connectivity index (χ2v) is 4.35. The minimum atomic E-state index is 0.514. The molecule has 2 aromatic rings. The molecule has 0 aliphatic carbocycles. The average molecular weight is 228 g/mol. The zero-order valence-corrected chi connectivity index (χ0v) is 10.2. The molecule has 2 nitrogen and oxygen atoms in total. The molecule has 0 radical (unpaired) electrons. The monoisotopic (exact) mass is 228 g/mol. The van der Waals surface area contributed by atoms with Gasteiger partial charge in [0, 0.05) is 18.4 Å². The maximum absolute atomic E-state index is 10.3. The van der Waals surface area contributed by atoms with E-state index in [0.717, 1.165) is 23.4 Å². The Morgan fingerprint density at radius 1 is 1.12 bits per heavy atom. The number of carbonyl (C=O) groups excluding carboxylic acids is 1.